The van der Waals surface area contributed by atoms with Crippen molar-refractivity contribution in [3.8, 4) is 0 Å². The zero-order valence-corrected chi connectivity index (χ0v) is 13.4. The summed E-state index contributed by atoms with van der Waals surface area (Å²) in [6.07, 6.45) is 8.14. The van der Waals surface area contributed by atoms with Crippen LogP contribution in [0.25, 0.3) is 0 Å². The summed E-state index contributed by atoms with van der Waals surface area (Å²) in [6.45, 7) is 2.24. The van der Waals surface area contributed by atoms with Crippen LogP contribution in [0, 0.1) is 0 Å². The molecule has 0 aromatic heterocycles. The maximum Gasteiger partial charge on any atom is 1.00 e. The Hall–Kier alpha value is 1.29. The van der Waals surface area contributed by atoms with Gasteiger partial charge in [0.05, 0.1) is 0 Å². The van der Waals surface area contributed by atoms with E-state index in [1.165, 1.54) is 38.5 Å². The monoisotopic (exact) mass is 347 g/mol. The molecule has 0 unspecified atom stereocenters. The van der Waals surface area contributed by atoms with Gasteiger partial charge in [0.2, 0.25) is 0 Å². The Balaban J connectivity index is 0. The summed E-state index contributed by atoms with van der Waals surface area (Å²) in [5.74, 6) is 0.951. The third-order valence-electron chi connectivity index (χ3n) is 1.50. The minimum atomic E-state index is 0. The van der Waals surface area contributed by atoms with Gasteiger partial charge in [0.25, 0.3) is 0 Å². The molecule has 0 nitrogen and oxygen atoms in total. The van der Waals surface area contributed by atoms with E-state index < -0.39 is 0 Å². The zero-order chi connectivity index (χ0) is 6.95. The van der Waals surface area contributed by atoms with Crippen molar-refractivity contribution in [3.63, 3.8) is 0 Å². The average Bonchev–Trinajstić information content (AvgIpc) is 1.89. The molecule has 10 heavy (non-hydrogen) atoms. The van der Waals surface area contributed by atoms with Crippen molar-refractivity contribution in [1.82, 2.24) is 0 Å². The molecule has 57 valence electrons. The van der Waals surface area contributed by atoms with Crippen molar-refractivity contribution in [2.24, 2.45) is 0 Å². The van der Waals surface area contributed by atoms with Gasteiger partial charge in [-0.25, -0.2) is 0 Å². The van der Waals surface area contributed by atoms with Gasteiger partial charge in [-0.3, -0.25) is 0 Å². The number of hydrogen-bond acceptors (Lipinski definition) is 1. The molecular weight excluding hydrogens is 329 g/mol. The first-order valence-corrected chi connectivity index (χ1v) is 4.57. The van der Waals surface area contributed by atoms with Crippen LogP contribution in [0.4, 0.5) is 0 Å². The van der Waals surface area contributed by atoms with E-state index in [1.807, 2.05) is 0 Å². The Morgan fingerprint density at radius 3 is 1.90 bits per heavy atom. The second-order valence-electron chi connectivity index (χ2n) is 2.47. The molecule has 0 N–H and O–H groups in total. The summed E-state index contributed by atoms with van der Waals surface area (Å²) in [5, 5.41) is 0. The predicted octanol–water partition coefficient (Wildman–Crippen LogP) is 2.89. The Labute approximate surface area is 91.1 Å². The molecular formula is C8H17HgS. The summed E-state index contributed by atoms with van der Waals surface area (Å²) in [6, 6.07) is 0. The molecule has 0 atom stereocenters. The van der Waals surface area contributed by atoms with E-state index in [2.05, 4.69) is 6.92 Å². The Bertz CT molecular complexity index is 42.5. The minimum absolute atomic E-state index is 0. The van der Waals surface area contributed by atoms with Crippen LogP contribution in [0.15, 0.2) is 0 Å². The van der Waals surface area contributed by atoms with E-state index in [1.54, 1.807) is 0 Å². The van der Waals surface area contributed by atoms with Gasteiger partial charge in [0.15, 0.2) is 0 Å². The zero-order valence-electron chi connectivity index (χ0n) is 7.07. The Kier molecular flexibility index (Phi) is 17.9. The van der Waals surface area contributed by atoms with Gasteiger partial charge in [-0.1, -0.05) is 45.4 Å². The van der Waals surface area contributed by atoms with Gasteiger partial charge in [-0.05, 0) is 0 Å². The Morgan fingerprint density at radius 2 is 1.40 bits per heavy atom. The summed E-state index contributed by atoms with van der Waals surface area (Å²) in [4.78, 5) is 0. The van der Waals surface area contributed by atoms with Gasteiger partial charge in [-0.2, -0.15) is 5.75 Å². The van der Waals surface area contributed by atoms with Crippen LogP contribution in [0.2, 0.25) is 0 Å². The first kappa shape index (κ1) is 13.8. The summed E-state index contributed by atoms with van der Waals surface area (Å²) < 4.78 is 0. The maximum absolute atomic E-state index is 4.83. The van der Waals surface area contributed by atoms with Crippen molar-refractivity contribution < 1.29 is 27.7 Å². The average molecular weight is 346 g/mol. The van der Waals surface area contributed by atoms with Gasteiger partial charge >= 0.3 is 27.7 Å². The SMILES string of the molecule is CCCCCCCC[S-].[Hg+]. The molecule has 0 aliphatic carbocycles. The molecule has 0 fully saturated rings. The van der Waals surface area contributed by atoms with Crippen LogP contribution in [0.5, 0.6) is 0 Å². The van der Waals surface area contributed by atoms with E-state index in [0.717, 1.165) is 5.75 Å². The summed E-state index contributed by atoms with van der Waals surface area (Å²) in [5.41, 5.74) is 0. The fourth-order valence-corrected chi connectivity index (χ4v) is 1.09. The minimum Gasteiger partial charge on any atom is -0.793 e. The predicted molar refractivity (Wildman–Crippen MR) is 45.6 cm³/mol. The molecule has 0 amide bonds. The molecule has 0 aliphatic heterocycles. The maximum atomic E-state index is 4.83. The quantitative estimate of drug-likeness (QED) is 0.405. The van der Waals surface area contributed by atoms with Crippen molar-refractivity contribution >= 4 is 12.6 Å². The third kappa shape index (κ3) is 12.0. The normalized spacial score (nSPS) is 9.00. The molecule has 1 radical (unpaired) electrons. The topological polar surface area (TPSA) is 0 Å². The van der Waals surface area contributed by atoms with Crippen molar-refractivity contribution in [1.29, 1.82) is 0 Å². The molecule has 0 rings (SSSR count). The second kappa shape index (κ2) is 12.9. The largest absolute Gasteiger partial charge is 1.00 e. The van der Waals surface area contributed by atoms with E-state index in [0.29, 0.717) is 0 Å². The van der Waals surface area contributed by atoms with E-state index in [-0.39, 0.29) is 27.7 Å². The smallest absolute Gasteiger partial charge is 0.793 e. The van der Waals surface area contributed by atoms with Crippen LogP contribution in [0.3, 0.4) is 0 Å². The van der Waals surface area contributed by atoms with E-state index >= 15 is 0 Å². The molecule has 2 heteroatoms. The van der Waals surface area contributed by atoms with Crippen molar-refractivity contribution in [2.45, 2.75) is 45.4 Å². The standard InChI is InChI=1S/C8H18S.Hg/c1-2-3-4-5-6-7-8-9;/h9H,2-8H2,1H3;/q;+1/p-1. The van der Waals surface area contributed by atoms with Crippen LogP contribution in [-0.2, 0) is 40.3 Å². The molecule has 0 spiro atoms. The fourth-order valence-electron chi connectivity index (χ4n) is 0.882. The molecule has 0 aliphatic rings. The van der Waals surface area contributed by atoms with Crippen molar-refractivity contribution in [3.05, 3.63) is 0 Å². The molecule has 0 bridgehead atoms. The number of rotatable bonds is 6. The number of hydrogen-bond donors (Lipinski definition) is 0. The van der Waals surface area contributed by atoms with E-state index in [4.69, 9.17) is 12.6 Å². The number of unbranched alkanes of at least 4 members (excludes halogenated alkanes) is 5. The van der Waals surface area contributed by atoms with Gasteiger partial charge in [-0.15, -0.1) is 0 Å². The van der Waals surface area contributed by atoms with Gasteiger partial charge < -0.3 is 12.6 Å². The Morgan fingerprint density at radius 1 is 0.900 bits per heavy atom. The van der Waals surface area contributed by atoms with Gasteiger partial charge in [0, 0.05) is 0 Å². The summed E-state index contributed by atoms with van der Waals surface area (Å²) >= 11 is 4.83. The van der Waals surface area contributed by atoms with Crippen LogP contribution >= 0.6 is 0 Å². The van der Waals surface area contributed by atoms with Crippen LogP contribution in [0.1, 0.15) is 45.4 Å². The van der Waals surface area contributed by atoms with Crippen molar-refractivity contribution in [2.75, 3.05) is 5.75 Å². The van der Waals surface area contributed by atoms with Crippen LogP contribution < -0.4 is 0 Å². The fraction of sp³-hybridized carbons (Fsp3) is 1.00. The molecule has 0 aromatic rings. The third-order valence-corrected chi connectivity index (χ3v) is 1.79. The first-order chi connectivity index (χ1) is 4.41. The molecule has 0 saturated heterocycles. The first-order valence-electron chi connectivity index (χ1n) is 4.00. The van der Waals surface area contributed by atoms with Gasteiger partial charge in [0.1, 0.15) is 0 Å². The van der Waals surface area contributed by atoms with E-state index in [9.17, 15) is 0 Å². The van der Waals surface area contributed by atoms with Crippen LogP contribution in [-0.4, -0.2) is 5.75 Å². The molecule has 0 heterocycles. The summed E-state index contributed by atoms with van der Waals surface area (Å²) in [7, 11) is 0. The molecule has 0 saturated carbocycles. The second-order valence-corrected chi connectivity index (χ2v) is 2.88. The molecule has 0 aromatic carbocycles.